The quantitative estimate of drug-likeness (QED) is 0.861. The van der Waals surface area contributed by atoms with Crippen LogP contribution in [0.4, 0.5) is 5.95 Å². The molecule has 0 aromatic carbocycles. The van der Waals surface area contributed by atoms with Crippen LogP contribution in [0.3, 0.4) is 0 Å². The summed E-state index contributed by atoms with van der Waals surface area (Å²) in [6.07, 6.45) is 8.62. The molecule has 1 aromatic rings. The number of hydrogen-bond acceptors (Lipinski definition) is 4. The molecule has 0 saturated heterocycles. The minimum Gasteiger partial charge on any atom is -0.395 e. The fraction of sp³-hybridized carbons (Fsp3) is 0.600. The highest BCUT2D eigenvalue weighted by Gasteiger charge is 2.24. The average Bonchev–Trinajstić information content (AvgIpc) is 2.48. The molecule has 0 amide bonds. The molecule has 0 bridgehead atoms. The molecule has 1 saturated carbocycles. The summed E-state index contributed by atoms with van der Waals surface area (Å²) < 4.78 is 0.900. The summed E-state index contributed by atoms with van der Waals surface area (Å²) in [6.45, 7) is 0.159. The van der Waals surface area contributed by atoms with Gasteiger partial charge in [-0.2, -0.15) is 0 Å². The van der Waals surface area contributed by atoms with Crippen LogP contribution >= 0.6 is 15.9 Å². The van der Waals surface area contributed by atoms with Crippen molar-refractivity contribution in [2.45, 2.75) is 38.1 Å². The van der Waals surface area contributed by atoms with E-state index in [1.54, 1.807) is 12.4 Å². The molecule has 1 aliphatic rings. The smallest absolute Gasteiger partial charge is 0.225 e. The minimum absolute atomic E-state index is 0.159. The van der Waals surface area contributed by atoms with Crippen LogP contribution in [0.1, 0.15) is 32.1 Å². The largest absolute Gasteiger partial charge is 0.395 e. The minimum atomic E-state index is 0.159. The van der Waals surface area contributed by atoms with Crippen LogP contribution in [-0.2, 0) is 0 Å². The van der Waals surface area contributed by atoms with Crippen LogP contribution < -0.4 is 4.90 Å². The lowest BCUT2D eigenvalue weighted by Gasteiger charge is -2.33. The van der Waals surface area contributed by atoms with Crippen LogP contribution in [0.25, 0.3) is 0 Å². The van der Waals surface area contributed by atoms with Crippen LogP contribution in [0.5, 0.6) is 0 Å². The molecule has 0 unspecified atom stereocenters. The third-order valence-electron chi connectivity index (χ3n) is 3.71. The van der Waals surface area contributed by atoms with Gasteiger partial charge in [0, 0.05) is 37.8 Å². The van der Waals surface area contributed by atoms with Crippen LogP contribution in [0.2, 0.25) is 0 Å². The van der Waals surface area contributed by atoms with Gasteiger partial charge in [-0.1, -0.05) is 5.92 Å². The molecule has 0 spiro atoms. The standard InChI is InChI=1S/C15H20BrN3O/c1-19(15-17-10-13(16)11-18-15)14-7-5-12(6-8-14)4-2-3-9-20/h10-12,14,20H,3,5-9H2,1H3/t12-,14-. The number of aromatic nitrogens is 2. The van der Waals surface area contributed by atoms with Crippen molar-refractivity contribution in [3.8, 4) is 11.8 Å². The highest BCUT2D eigenvalue weighted by Crippen LogP contribution is 2.28. The van der Waals surface area contributed by atoms with Crippen molar-refractivity contribution in [1.82, 2.24) is 9.97 Å². The van der Waals surface area contributed by atoms with Crippen molar-refractivity contribution >= 4 is 21.9 Å². The van der Waals surface area contributed by atoms with Gasteiger partial charge in [-0.05, 0) is 41.6 Å². The van der Waals surface area contributed by atoms with E-state index in [2.05, 4.69) is 49.7 Å². The molecule has 0 radical (unpaired) electrons. The van der Waals surface area contributed by atoms with E-state index < -0.39 is 0 Å². The number of aliphatic hydroxyl groups is 1. The predicted octanol–water partition coefficient (Wildman–Crippen LogP) is 2.62. The van der Waals surface area contributed by atoms with Crippen molar-refractivity contribution in [3.63, 3.8) is 0 Å². The molecule has 4 nitrogen and oxygen atoms in total. The Morgan fingerprint density at radius 3 is 2.55 bits per heavy atom. The molecule has 1 N–H and O–H groups in total. The van der Waals surface area contributed by atoms with E-state index >= 15 is 0 Å². The van der Waals surface area contributed by atoms with Crippen LogP contribution in [0, 0.1) is 17.8 Å². The van der Waals surface area contributed by atoms with Gasteiger partial charge >= 0.3 is 0 Å². The van der Waals surface area contributed by atoms with Crippen LogP contribution in [-0.4, -0.2) is 34.8 Å². The fourth-order valence-electron chi connectivity index (χ4n) is 2.53. The number of nitrogens with zero attached hydrogens (tertiary/aromatic N) is 3. The van der Waals surface area contributed by atoms with Crippen LogP contribution in [0.15, 0.2) is 16.9 Å². The molecular formula is C15H20BrN3O. The topological polar surface area (TPSA) is 49.2 Å². The second-order valence-electron chi connectivity index (χ2n) is 5.11. The summed E-state index contributed by atoms with van der Waals surface area (Å²) in [5.41, 5.74) is 0. The van der Waals surface area contributed by atoms with E-state index in [-0.39, 0.29) is 6.61 Å². The third-order valence-corrected chi connectivity index (χ3v) is 4.12. The van der Waals surface area contributed by atoms with Gasteiger partial charge in [0.05, 0.1) is 11.1 Å². The summed E-state index contributed by atoms with van der Waals surface area (Å²) in [5, 5.41) is 8.73. The SMILES string of the molecule is CN(c1ncc(Br)cn1)[C@H]1CC[C@H](C#CCCO)CC1. The highest BCUT2D eigenvalue weighted by atomic mass is 79.9. The highest BCUT2D eigenvalue weighted by molar-refractivity contribution is 9.10. The molecule has 1 heterocycles. The zero-order valence-corrected chi connectivity index (χ0v) is 13.3. The van der Waals surface area contributed by atoms with E-state index in [4.69, 9.17) is 5.11 Å². The van der Waals surface area contributed by atoms with Gasteiger partial charge in [0.15, 0.2) is 0 Å². The molecule has 0 atom stereocenters. The fourth-order valence-corrected chi connectivity index (χ4v) is 2.74. The number of rotatable bonds is 3. The van der Waals surface area contributed by atoms with Crippen molar-refractivity contribution < 1.29 is 5.11 Å². The second kappa shape index (κ2) is 7.61. The monoisotopic (exact) mass is 337 g/mol. The first-order valence-corrected chi connectivity index (χ1v) is 7.79. The Bertz CT molecular complexity index is 472. The van der Waals surface area contributed by atoms with Crippen molar-refractivity contribution in [1.29, 1.82) is 0 Å². The number of anilines is 1. The number of aliphatic hydroxyl groups excluding tert-OH is 1. The lowest BCUT2D eigenvalue weighted by atomic mass is 9.86. The van der Waals surface area contributed by atoms with E-state index in [1.807, 2.05) is 0 Å². The van der Waals surface area contributed by atoms with Gasteiger partial charge in [-0.25, -0.2) is 9.97 Å². The van der Waals surface area contributed by atoms with Gasteiger partial charge < -0.3 is 10.0 Å². The van der Waals surface area contributed by atoms with Crippen molar-refractivity contribution in [2.24, 2.45) is 5.92 Å². The number of hydrogen-bond donors (Lipinski definition) is 1. The zero-order chi connectivity index (χ0) is 14.4. The van der Waals surface area contributed by atoms with E-state index in [9.17, 15) is 0 Å². The van der Waals surface area contributed by atoms with E-state index in [1.165, 1.54) is 0 Å². The lowest BCUT2D eigenvalue weighted by molar-refractivity contribution is 0.304. The Kier molecular flexibility index (Phi) is 5.81. The molecule has 1 aliphatic carbocycles. The maximum absolute atomic E-state index is 8.73. The molecule has 1 aromatic heterocycles. The Balaban J connectivity index is 1.87. The molecule has 5 heteroatoms. The second-order valence-corrected chi connectivity index (χ2v) is 6.03. The molecular weight excluding hydrogens is 318 g/mol. The van der Waals surface area contributed by atoms with E-state index in [0.29, 0.717) is 18.4 Å². The summed E-state index contributed by atoms with van der Waals surface area (Å²) in [4.78, 5) is 10.9. The summed E-state index contributed by atoms with van der Waals surface area (Å²) >= 11 is 3.35. The summed E-state index contributed by atoms with van der Waals surface area (Å²) in [5.74, 6) is 7.57. The Labute approximate surface area is 128 Å². The first-order valence-electron chi connectivity index (χ1n) is 7.00. The normalized spacial score (nSPS) is 21.9. The van der Waals surface area contributed by atoms with Gasteiger partial charge in [-0.15, -0.1) is 5.92 Å². The Morgan fingerprint density at radius 2 is 1.95 bits per heavy atom. The Morgan fingerprint density at radius 1 is 1.30 bits per heavy atom. The molecule has 0 aliphatic heterocycles. The molecule has 2 rings (SSSR count). The molecule has 20 heavy (non-hydrogen) atoms. The zero-order valence-electron chi connectivity index (χ0n) is 11.7. The first-order chi connectivity index (χ1) is 9.70. The predicted molar refractivity (Wildman–Crippen MR) is 83.4 cm³/mol. The van der Waals surface area contributed by atoms with Crippen molar-refractivity contribution in [2.75, 3.05) is 18.6 Å². The first kappa shape index (κ1) is 15.3. The number of halogens is 1. The molecule has 108 valence electrons. The van der Waals surface area contributed by atoms with E-state index in [0.717, 1.165) is 36.1 Å². The molecule has 1 fully saturated rings. The maximum Gasteiger partial charge on any atom is 0.225 e. The maximum atomic E-state index is 8.73. The van der Waals surface area contributed by atoms with Gasteiger partial charge in [0.1, 0.15) is 0 Å². The lowest BCUT2D eigenvalue weighted by Crippen LogP contribution is -2.36. The summed E-state index contributed by atoms with van der Waals surface area (Å²) in [7, 11) is 2.06. The van der Waals surface area contributed by atoms with Gasteiger partial charge in [-0.3, -0.25) is 0 Å². The summed E-state index contributed by atoms with van der Waals surface area (Å²) in [6, 6.07) is 0.493. The van der Waals surface area contributed by atoms with Gasteiger partial charge in [0.25, 0.3) is 0 Å². The third kappa shape index (κ3) is 4.19. The average molecular weight is 338 g/mol. The Hall–Kier alpha value is -1.12. The van der Waals surface area contributed by atoms with Crippen molar-refractivity contribution in [3.05, 3.63) is 16.9 Å². The van der Waals surface area contributed by atoms with Gasteiger partial charge in [0.2, 0.25) is 5.95 Å².